The lowest BCUT2D eigenvalue weighted by Gasteiger charge is -2.06. The van der Waals surface area contributed by atoms with E-state index in [1.165, 1.54) is 0 Å². The zero-order valence-corrected chi connectivity index (χ0v) is 18.3. The number of aliphatic hydroxyl groups excluding tert-OH is 2. The minimum atomic E-state index is -0.125. The maximum atomic E-state index is 7.62. The van der Waals surface area contributed by atoms with E-state index < -0.39 is 0 Å². The molecule has 0 bridgehead atoms. The largest absolute Gasteiger partial charge is 0.467 e. The third-order valence-electron chi connectivity index (χ3n) is 1.13. The quantitative estimate of drug-likeness (QED) is 0.372. The van der Waals surface area contributed by atoms with Gasteiger partial charge in [0.2, 0.25) is 0 Å². The van der Waals surface area contributed by atoms with Gasteiger partial charge in [0, 0.05) is 12.8 Å². The Kier molecular flexibility index (Phi) is 83.0. The first-order valence-corrected chi connectivity index (χ1v) is 8.53. The summed E-state index contributed by atoms with van der Waals surface area (Å²) in [7, 11) is 0. The van der Waals surface area contributed by atoms with Crippen LogP contribution in [0.3, 0.4) is 0 Å². The van der Waals surface area contributed by atoms with E-state index >= 15 is 0 Å². The molecule has 0 aromatic heterocycles. The number of allylic oxidation sites excluding steroid dienone is 6. The number of ether oxygens (including phenoxy) is 1. The molecule has 0 saturated carbocycles. The molecule has 3 nitrogen and oxygen atoms in total. The molecular formula is C24H44O3. The minimum Gasteiger partial charge on any atom is -0.467 e. The molecule has 158 valence electrons. The fraction of sp³-hybridized carbons (Fsp3) is 0.333. The first-order chi connectivity index (χ1) is 12.8. The Morgan fingerprint density at radius 1 is 0.630 bits per heavy atom. The number of rotatable bonds is 7. The molecule has 0 unspecified atom stereocenters. The van der Waals surface area contributed by atoms with Gasteiger partial charge in [0.1, 0.15) is 11.5 Å². The molecule has 0 radical (unpaired) electrons. The summed E-state index contributed by atoms with van der Waals surface area (Å²) in [6.07, 6.45) is 11.8. The van der Waals surface area contributed by atoms with Crippen molar-refractivity contribution in [1.82, 2.24) is 0 Å². The average Bonchev–Trinajstić information content (AvgIpc) is 2.58. The van der Waals surface area contributed by atoms with Gasteiger partial charge in [-0.05, 0) is 27.7 Å². The monoisotopic (exact) mass is 380 g/mol. The molecule has 0 aliphatic rings. The van der Waals surface area contributed by atoms with Crippen LogP contribution in [0.1, 0.15) is 40.5 Å². The first-order valence-electron chi connectivity index (χ1n) is 8.53. The SMILES string of the molecule is C=CC.C=CC.C=CC.C=CC.C=CCC(=C)OC(=C)CC=C.OCCO. The van der Waals surface area contributed by atoms with Crippen LogP contribution in [0.25, 0.3) is 0 Å². The summed E-state index contributed by atoms with van der Waals surface area (Å²) in [4.78, 5) is 0. The van der Waals surface area contributed by atoms with Gasteiger partial charge in [-0.25, -0.2) is 0 Å². The Bertz CT molecular complexity index is 307. The Balaban J connectivity index is -0.0000000572. The second-order valence-electron chi connectivity index (χ2n) is 4.25. The van der Waals surface area contributed by atoms with Crippen molar-refractivity contribution >= 4 is 0 Å². The third kappa shape index (κ3) is 148. The fourth-order valence-electron chi connectivity index (χ4n) is 0.609. The van der Waals surface area contributed by atoms with Crippen molar-refractivity contribution in [2.45, 2.75) is 40.5 Å². The van der Waals surface area contributed by atoms with Gasteiger partial charge in [0.15, 0.2) is 0 Å². The van der Waals surface area contributed by atoms with Gasteiger partial charge in [0.25, 0.3) is 0 Å². The van der Waals surface area contributed by atoms with Gasteiger partial charge in [-0.15, -0.1) is 39.5 Å². The number of aliphatic hydroxyl groups is 2. The predicted octanol–water partition coefficient (Wildman–Crippen LogP) is 6.92. The second-order valence-corrected chi connectivity index (χ2v) is 4.25. The zero-order chi connectivity index (χ0) is 22.9. The Morgan fingerprint density at radius 2 is 0.815 bits per heavy atom. The van der Waals surface area contributed by atoms with Gasteiger partial charge >= 0.3 is 0 Å². The minimum absolute atomic E-state index is 0.125. The molecule has 0 saturated heterocycles. The Morgan fingerprint density at radius 3 is 0.926 bits per heavy atom. The van der Waals surface area contributed by atoms with Crippen LogP contribution in [-0.2, 0) is 4.74 Å². The maximum absolute atomic E-state index is 7.62. The second kappa shape index (κ2) is 56.5. The van der Waals surface area contributed by atoms with Crippen LogP contribution in [0.4, 0.5) is 0 Å². The molecule has 27 heavy (non-hydrogen) atoms. The van der Waals surface area contributed by atoms with Gasteiger partial charge in [0.05, 0.1) is 13.2 Å². The van der Waals surface area contributed by atoms with Crippen molar-refractivity contribution in [1.29, 1.82) is 0 Å². The van der Waals surface area contributed by atoms with Crippen LogP contribution in [-0.4, -0.2) is 23.4 Å². The highest BCUT2D eigenvalue weighted by Gasteiger charge is 1.94. The lowest BCUT2D eigenvalue weighted by atomic mass is 10.3. The lowest BCUT2D eigenvalue weighted by molar-refractivity contribution is 0.186. The van der Waals surface area contributed by atoms with Crippen LogP contribution < -0.4 is 0 Å². The van der Waals surface area contributed by atoms with Crippen molar-refractivity contribution in [2.24, 2.45) is 0 Å². The van der Waals surface area contributed by atoms with Gasteiger partial charge in [-0.2, -0.15) is 0 Å². The maximum Gasteiger partial charge on any atom is 0.100 e. The molecule has 0 spiro atoms. The third-order valence-corrected chi connectivity index (χ3v) is 1.13. The molecule has 0 heterocycles. The van der Waals surface area contributed by atoms with Crippen LogP contribution in [0.15, 0.2) is 101 Å². The zero-order valence-electron chi connectivity index (χ0n) is 18.3. The molecule has 2 N–H and O–H groups in total. The van der Waals surface area contributed by atoms with Gasteiger partial charge < -0.3 is 14.9 Å². The van der Waals surface area contributed by atoms with Crippen molar-refractivity contribution in [3.05, 3.63) is 101 Å². The Hall–Kier alpha value is -2.36. The van der Waals surface area contributed by atoms with Crippen LogP contribution >= 0.6 is 0 Å². The fourth-order valence-corrected chi connectivity index (χ4v) is 0.609. The smallest absolute Gasteiger partial charge is 0.100 e. The van der Waals surface area contributed by atoms with Gasteiger partial charge in [-0.3, -0.25) is 0 Å². The topological polar surface area (TPSA) is 49.7 Å². The molecule has 0 aromatic rings. The molecule has 0 amide bonds. The van der Waals surface area contributed by atoms with E-state index in [0.29, 0.717) is 24.4 Å². The van der Waals surface area contributed by atoms with E-state index in [0.717, 1.165) is 0 Å². The van der Waals surface area contributed by atoms with Crippen LogP contribution in [0, 0.1) is 0 Å². The van der Waals surface area contributed by atoms with Gasteiger partial charge in [-0.1, -0.05) is 49.6 Å². The first kappa shape index (κ1) is 39.6. The highest BCUT2D eigenvalue weighted by atomic mass is 16.5. The van der Waals surface area contributed by atoms with Crippen LogP contribution in [0.5, 0.6) is 0 Å². The lowest BCUT2D eigenvalue weighted by Crippen LogP contribution is -1.88. The summed E-state index contributed by atoms with van der Waals surface area (Å²) < 4.78 is 5.20. The van der Waals surface area contributed by atoms with E-state index in [1.54, 1.807) is 36.5 Å². The molecular weight excluding hydrogens is 336 g/mol. The molecule has 0 aliphatic carbocycles. The molecule has 3 heteroatoms. The summed E-state index contributed by atoms with van der Waals surface area (Å²) in [5.41, 5.74) is 0. The van der Waals surface area contributed by atoms with Crippen molar-refractivity contribution < 1.29 is 14.9 Å². The normalized spacial score (nSPS) is 6.44. The Labute approximate surface area is 169 Å². The summed E-state index contributed by atoms with van der Waals surface area (Å²) >= 11 is 0. The number of hydrogen-bond acceptors (Lipinski definition) is 3. The molecule has 0 aliphatic heterocycles. The number of hydrogen-bond donors (Lipinski definition) is 2. The van der Waals surface area contributed by atoms with E-state index in [1.807, 2.05) is 27.7 Å². The molecule has 0 atom stereocenters. The van der Waals surface area contributed by atoms with Crippen molar-refractivity contribution in [2.75, 3.05) is 13.2 Å². The van der Waals surface area contributed by atoms with E-state index in [9.17, 15) is 0 Å². The highest BCUT2D eigenvalue weighted by Crippen LogP contribution is 2.09. The summed E-state index contributed by atoms with van der Waals surface area (Å²) in [5.74, 6) is 1.35. The van der Waals surface area contributed by atoms with Crippen molar-refractivity contribution in [3.63, 3.8) is 0 Å². The molecule has 0 rings (SSSR count). The molecule has 0 aromatic carbocycles. The summed E-state index contributed by atoms with van der Waals surface area (Å²) in [6, 6.07) is 0. The summed E-state index contributed by atoms with van der Waals surface area (Å²) in [5, 5.41) is 15.2. The highest BCUT2D eigenvalue weighted by molar-refractivity contribution is 4.99. The predicted molar refractivity (Wildman–Crippen MR) is 127 cm³/mol. The van der Waals surface area contributed by atoms with E-state index in [-0.39, 0.29) is 13.2 Å². The van der Waals surface area contributed by atoms with Crippen molar-refractivity contribution in [3.8, 4) is 0 Å². The summed E-state index contributed by atoms with van der Waals surface area (Å²) in [6.45, 7) is 35.2. The van der Waals surface area contributed by atoms with Crippen LogP contribution in [0.2, 0.25) is 0 Å². The standard InChI is InChI=1S/C10H14O.4C3H6.C2H6O2/c1-5-7-9(3)11-10(4)8-6-2;4*1-3-2;3-1-2-4/h5-6H,1-4,7-8H2;4*3H,1H2,2H3;3-4H,1-2H2. The molecule has 0 fully saturated rings. The average molecular weight is 381 g/mol. The van der Waals surface area contributed by atoms with E-state index in [2.05, 4.69) is 52.6 Å². The van der Waals surface area contributed by atoms with E-state index in [4.69, 9.17) is 14.9 Å².